The molecule has 0 amide bonds. The van der Waals surface area contributed by atoms with Gasteiger partial charge in [-0.05, 0) is 42.6 Å². The first-order chi connectivity index (χ1) is 11.3. The van der Waals surface area contributed by atoms with Gasteiger partial charge in [-0.15, -0.1) is 11.3 Å². The minimum absolute atomic E-state index is 0.208. The molecule has 0 aliphatic carbocycles. The summed E-state index contributed by atoms with van der Waals surface area (Å²) in [6, 6.07) is 10.6. The van der Waals surface area contributed by atoms with Crippen LogP contribution in [-0.2, 0) is 0 Å². The minimum atomic E-state index is 0.208. The molecule has 5 heteroatoms. The summed E-state index contributed by atoms with van der Waals surface area (Å²) in [6.07, 6.45) is 1.16. The molecule has 4 nitrogen and oxygen atoms in total. The summed E-state index contributed by atoms with van der Waals surface area (Å²) in [5, 5.41) is 5.63. The molecule has 0 radical (unpaired) electrons. The van der Waals surface area contributed by atoms with Crippen LogP contribution in [0.1, 0.15) is 22.9 Å². The van der Waals surface area contributed by atoms with Gasteiger partial charge in [-0.2, -0.15) is 0 Å². The van der Waals surface area contributed by atoms with Crippen LogP contribution in [0.25, 0.3) is 0 Å². The van der Waals surface area contributed by atoms with Crippen LogP contribution < -0.4 is 14.8 Å². The molecule has 1 aliphatic rings. The Hall–Kier alpha value is -1.56. The fraction of sp³-hybridized carbons (Fsp3) is 0.444. The molecule has 1 aliphatic heterocycles. The van der Waals surface area contributed by atoms with Crippen LogP contribution in [0.15, 0.2) is 35.7 Å². The largest absolute Gasteiger partial charge is 0.497 e. The van der Waals surface area contributed by atoms with Gasteiger partial charge in [0.15, 0.2) is 0 Å². The first-order valence-electron chi connectivity index (χ1n) is 8.03. The summed E-state index contributed by atoms with van der Waals surface area (Å²) in [4.78, 5) is 3.89. The average molecular weight is 332 g/mol. The van der Waals surface area contributed by atoms with E-state index in [-0.39, 0.29) is 6.04 Å². The minimum Gasteiger partial charge on any atom is -0.497 e. The molecule has 3 rings (SSSR count). The van der Waals surface area contributed by atoms with E-state index in [1.54, 1.807) is 25.6 Å². The third-order valence-corrected chi connectivity index (χ3v) is 5.21. The van der Waals surface area contributed by atoms with Gasteiger partial charge in [0.25, 0.3) is 0 Å². The van der Waals surface area contributed by atoms with Crippen molar-refractivity contribution in [2.24, 2.45) is 0 Å². The van der Waals surface area contributed by atoms with Crippen LogP contribution >= 0.6 is 11.3 Å². The lowest BCUT2D eigenvalue weighted by Crippen LogP contribution is -2.32. The van der Waals surface area contributed by atoms with E-state index in [0.717, 1.165) is 44.1 Å². The topological polar surface area (TPSA) is 33.7 Å². The van der Waals surface area contributed by atoms with Crippen molar-refractivity contribution in [1.82, 2.24) is 10.2 Å². The summed E-state index contributed by atoms with van der Waals surface area (Å²) in [6.45, 7) is 4.22. The monoisotopic (exact) mass is 332 g/mol. The first-order valence-corrected chi connectivity index (χ1v) is 8.91. The molecule has 124 valence electrons. The number of hydrogen-bond donors (Lipinski definition) is 1. The van der Waals surface area contributed by atoms with Crippen LogP contribution in [-0.4, -0.2) is 45.3 Å². The molecule has 0 bridgehead atoms. The number of thiophene rings is 1. The lowest BCUT2D eigenvalue weighted by molar-refractivity contribution is 0.238. The molecule has 2 heterocycles. The summed E-state index contributed by atoms with van der Waals surface area (Å²) in [7, 11) is 3.45. The van der Waals surface area contributed by atoms with Gasteiger partial charge in [0.2, 0.25) is 0 Å². The van der Waals surface area contributed by atoms with Crippen LogP contribution in [0.3, 0.4) is 0 Å². The Balaban J connectivity index is 2.04. The Kier molecular flexibility index (Phi) is 5.54. The third kappa shape index (κ3) is 3.68. The SMILES string of the molecule is COc1ccc(OC)c(C(c2cccs2)N2CCCNCC2)c1. The number of nitrogens with zero attached hydrogens (tertiary/aromatic N) is 1. The predicted octanol–water partition coefficient (Wildman–Crippen LogP) is 3.15. The third-order valence-electron chi connectivity index (χ3n) is 4.28. The zero-order chi connectivity index (χ0) is 16.1. The highest BCUT2D eigenvalue weighted by atomic mass is 32.1. The normalized spacial score (nSPS) is 17.5. The van der Waals surface area contributed by atoms with Crippen molar-refractivity contribution in [2.75, 3.05) is 40.4 Å². The molecule has 1 aromatic heterocycles. The molecular formula is C18H24N2O2S. The Bertz CT molecular complexity index is 607. The molecule has 2 aromatic rings. The fourth-order valence-electron chi connectivity index (χ4n) is 3.15. The van der Waals surface area contributed by atoms with E-state index in [4.69, 9.17) is 9.47 Å². The molecule has 1 saturated heterocycles. The zero-order valence-corrected chi connectivity index (χ0v) is 14.6. The smallest absolute Gasteiger partial charge is 0.124 e. The van der Waals surface area contributed by atoms with E-state index in [1.165, 1.54) is 10.4 Å². The average Bonchev–Trinajstić information content (AvgIpc) is 2.98. The summed E-state index contributed by atoms with van der Waals surface area (Å²) >= 11 is 1.80. The maximum absolute atomic E-state index is 5.65. The number of benzene rings is 1. The van der Waals surface area contributed by atoms with Crippen molar-refractivity contribution in [1.29, 1.82) is 0 Å². The molecule has 1 atom stereocenters. The molecule has 0 spiro atoms. The summed E-state index contributed by atoms with van der Waals surface area (Å²) in [5.41, 5.74) is 1.18. The number of methoxy groups -OCH3 is 2. The van der Waals surface area contributed by atoms with E-state index >= 15 is 0 Å². The van der Waals surface area contributed by atoms with Gasteiger partial charge in [-0.1, -0.05) is 6.07 Å². The van der Waals surface area contributed by atoms with Gasteiger partial charge in [0.05, 0.1) is 20.3 Å². The van der Waals surface area contributed by atoms with E-state index in [0.29, 0.717) is 0 Å². The van der Waals surface area contributed by atoms with E-state index in [2.05, 4.69) is 33.8 Å². The van der Waals surface area contributed by atoms with Crippen molar-refractivity contribution in [3.05, 3.63) is 46.2 Å². The highest BCUT2D eigenvalue weighted by Crippen LogP contribution is 2.38. The Morgan fingerprint density at radius 1 is 1.13 bits per heavy atom. The van der Waals surface area contributed by atoms with Crippen molar-refractivity contribution in [3.63, 3.8) is 0 Å². The van der Waals surface area contributed by atoms with Crippen molar-refractivity contribution >= 4 is 11.3 Å². The van der Waals surface area contributed by atoms with Crippen molar-refractivity contribution < 1.29 is 9.47 Å². The Labute approximate surface area is 142 Å². The van der Waals surface area contributed by atoms with E-state index < -0.39 is 0 Å². The van der Waals surface area contributed by atoms with Crippen LogP contribution in [0.5, 0.6) is 11.5 Å². The Morgan fingerprint density at radius 3 is 2.78 bits per heavy atom. The lowest BCUT2D eigenvalue weighted by atomic mass is 10.0. The fourth-order valence-corrected chi connectivity index (χ4v) is 4.03. The highest BCUT2D eigenvalue weighted by Gasteiger charge is 2.27. The summed E-state index contributed by atoms with van der Waals surface area (Å²) < 4.78 is 11.1. The van der Waals surface area contributed by atoms with Crippen LogP contribution in [0, 0.1) is 0 Å². The predicted molar refractivity (Wildman–Crippen MR) is 94.8 cm³/mol. The second kappa shape index (κ2) is 7.81. The number of rotatable bonds is 5. The number of hydrogen-bond acceptors (Lipinski definition) is 5. The van der Waals surface area contributed by atoms with Crippen LogP contribution in [0.4, 0.5) is 0 Å². The molecule has 0 saturated carbocycles. The quantitative estimate of drug-likeness (QED) is 0.912. The van der Waals surface area contributed by atoms with Gasteiger partial charge in [0.1, 0.15) is 11.5 Å². The number of nitrogens with one attached hydrogen (secondary N) is 1. The standard InChI is InChI=1S/C18H24N2O2S/c1-21-14-6-7-16(22-2)15(13-14)18(17-5-3-12-23-17)20-10-4-8-19-9-11-20/h3,5-7,12-13,18-19H,4,8-11H2,1-2H3. The van der Waals surface area contributed by atoms with Gasteiger partial charge < -0.3 is 14.8 Å². The maximum atomic E-state index is 5.65. The number of ether oxygens (including phenoxy) is 2. The molecule has 1 unspecified atom stereocenters. The molecular weight excluding hydrogens is 308 g/mol. The van der Waals surface area contributed by atoms with Crippen LogP contribution in [0.2, 0.25) is 0 Å². The van der Waals surface area contributed by atoms with Gasteiger partial charge in [-0.25, -0.2) is 0 Å². The first kappa shape index (κ1) is 16.3. The van der Waals surface area contributed by atoms with E-state index in [1.807, 2.05) is 12.1 Å². The van der Waals surface area contributed by atoms with E-state index in [9.17, 15) is 0 Å². The van der Waals surface area contributed by atoms with Gasteiger partial charge in [-0.3, -0.25) is 4.90 Å². The van der Waals surface area contributed by atoms with Crippen molar-refractivity contribution in [2.45, 2.75) is 12.5 Å². The molecule has 1 aromatic carbocycles. The molecule has 23 heavy (non-hydrogen) atoms. The van der Waals surface area contributed by atoms with Crippen molar-refractivity contribution in [3.8, 4) is 11.5 Å². The van der Waals surface area contributed by atoms with Gasteiger partial charge in [0, 0.05) is 30.1 Å². The second-order valence-electron chi connectivity index (χ2n) is 5.67. The molecule has 1 fully saturated rings. The maximum Gasteiger partial charge on any atom is 0.124 e. The van der Waals surface area contributed by atoms with Gasteiger partial charge >= 0.3 is 0 Å². The molecule has 1 N–H and O–H groups in total. The lowest BCUT2D eigenvalue weighted by Gasteiger charge is -2.31. The Morgan fingerprint density at radius 2 is 2.04 bits per heavy atom. The highest BCUT2D eigenvalue weighted by molar-refractivity contribution is 7.10. The second-order valence-corrected chi connectivity index (χ2v) is 6.64. The zero-order valence-electron chi connectivity index (χ0n) is 13.7. The summed E-state index contributed by atoms with van der Waals surface area (Å²) in [5.74, 6) is 1.79.